The summed E-state index contributed by atoms with van der Waals surface area (Å²) >= 11 is 0. The average molecular weight is 207 g/mol. The highest BCUT2D eigenvalue weighted by molar-refractivity contribution is 7.53. The summed E-state index contributed by atoms with van der Waals surface area (Å²) in [5, 5.41) is 0. The van der Waals surface area contributed by atoms with Crippen molar-refractivity contribution in [2.75, 3.05) is 6.29 Å². The number of halogens is 3. The molecule has 0 bridgehead atoms. The third kappa shape index (κ3) is 3.70. The number of hydrogen-bond donors (Lipinski definition) is 2. The van der Waals surface area contributed by atoms with Crippen LogP contribution in [0.2, 0.25) is 0 Å². The maximum absolute atomic E-state index is 11.4. The molecule has 12 heavy (non-hydrogen) atoms. The van der Waals surface area contributed by atoms with Crippen molar-refractivity contribution in [2.45, 2.75) is 6.18 Å². The lowest BCUT2D eigenvalue weighted by atomic mass is 10.7. The molecule has 0 aromatic rings. The fraction of sp³-hybridized carbons (Fsp3) is 0.667. The summed E-state index contributed by atoms with van der Waals surface area (Å²) in [4.78, 5) is 18.2. The molecule has 5 nitrogen and oxygen atoms in total. The Morgan fingerprint density at radius 3 is 2.25 bits per heavy atom. The van der Waals surface area contributed by atoms with E-state index >= 15 is 0 Å². The van der Waals surface area contributed by atoms with E-state index in [0.717, 1.165) is 0 Å². The summed E-state index contributed by atoms with van der Waals surface area (Å²) in [6.45, 7) is 0. The summed E-state index contributed by atoms with van der Waals surface area (Å²) in [6, 6.07) is 0. The first-order valence-electron chi connectivity index (χ1n) is 2.51. The van der Waals surface area contributed by atoms with Crippen LogP contribution in [0.5, 0.6) is 0 Å². The molecule has 0 spiro atoms. The van der Waals surface area contributed by atoms with E-state index in [4.69, 9.17) is 4.89 Å². The van der Waals surface area contributed by atoms with Gasteiger partial charge in [-0.15, -0.1) is 0 Å². The van der Waals surface area contributed by atoms with Crippen molar-refractivity contribution in [3.8, 4) is 0 Å². The van der Waals surface area contributed by atoms with Crippen molar-refractivity contribution in [2.24, 2.45) is 5.73 Å². The lowest BCUT2D eigenvalue weighted by molar-refractivity contribution is -0.190. The second-order valence-electron chi connectivity index (χ2n) is 1.70. The standard InChI is InChI=1S/C3H5F3NO4P/c4-3(5,6)2(8)11-12(9,10)1-7/h1,7H2,(H,9,10). The van der Waals surface area contributed by atoms with Gasteiger partial charge in [0.2, 0.25) is 0 Å². The first kappa shape index (κ1) is 11.4. The summed E-state index contributed by atoms with van der Waals surface area (Å²) < 4.78 is 47.6. The van der Waals surface area contributed by atoms with E-state index in [2.05, 4.69) is 10.3 Å². The third-order valence-electron chi connectivity index (χ3n) is 0.688. The molecule has 1 atom stereocenters. The average Bonchev–Trinajstić information content (AvgIpc) is 1.85. The molecular weight excluding hydrogens is 202 g/mol. The van der Waals surface area contributed by atoms with Crippen molar-refractivity contribution >= 4 is 13.6 Å². The van der Waals surface area contributed by atoms with Gasteiger partial charge in [0.1, 0.15) is 6.29 Å². The maximum atomic E-state index is 11.4. The zero-order valence-corrected chi connectivity index (χ0v) is 6.43. The highest BCUT2D eigenvalue weighted by Gasteiger charge is 2.44. The minimum atomic E-state index is -5.28. The van der Waals surface area contributed by atoms with Crippen molar-refractivity contribution in [3.05, 3.63) is 0 Å². The molecule has 0 amide bonds. The SMILES string of the molecule is NCP(=O)(O)OC(=O)C(F)(F)F. The molecule has 0 saturated carbocycles. The van der Waals surface area contributed by atoms with Crippen LogP contribution in [-0.4, -0.2) is 23.3 Å². The molecule has 0 saturated heterocycles. The van der Waals surface area contributed by atoms with Gasteiger partial charge in [0.25, 0.3) is 0 Å². The van der Waals surface area contributed by atoms with Crippen LogP contribution < -0.4 is 5.73 Å². The van der Waals surface area contributed by atoms with Crippen molar-refractivity contribution < 1.29 is 31.9 Å². The van der Waals surface area contributed by atoms with Gasteiger partial charge in [0, 0.05) is 0 Å². The predicted octanol–water partition coefficient (Wildman–Crippen LogP) is 0.194. The lowest BCUT2D eigenvalue weighted by Gasteiger charge is -2.10. The number of carbonyl (C=O) groups excluding carboxylic acids is 1. The molecule has 0 aliphatic carbocycles. The van der Waals surface area contributed by atoms with Crippen LogP contribution in [0.25, 0.3) is 0 Å². The number of alkyl halides is 3. The summed E-state index contributed by atoms with van der Waals surface area (Å²) in [7, 11) is -4.62. The topological polar surface area (TPSA) is 89.6 Å². The second kappa shape index (κ2) is 3.42. The Bertz CT molecular complexity index is 226. The second-order valence-corrected chi connectivity index (χ2v) is 3.52. The highest BCUT2D eigenvalue weighted by Crippen LogP contribution is 2.41. The van der Waals surface area contributed by atoms with Gasteiger partial charge in [-0.05, 0) is 0 Å². The smallest absolute Gasteiger partial charge is 0.384 e. The zero-order valence-electron chi connectivity index (χ0n) is 5.54. The van der Waals surface area contributed by atoms with Gasteiger partial charge >= 0.3 is 19.7 Å². The van der Waals surface area contributed by atoms with E-state index in [0.29, 0.717) is 0 Å². The van der Waals surface area contributed by atoms with Crippen LogP contribution in [0.15, 0.2) is 0 Å². The first-order chi connectivity index (χ1) is 5.19. The van der Waals surface area contributed by atoms with E-state index in [9.17, 15) is 22.5 Å². The van der Waals surface area contributed by atoms with E-state index in [-0.39, 0.29) is 0 Å². The van der Waals surface area contributed by atoms with Crippen LogP contribution in [-0.2, 0) is 13.9 Å². The zero-order chi connectivity index (χ0) is 9.99. The minimum absolute atomic E-state index is 1.05. The number of hydrogen-bond acceptors (Lipinski definition) is 4. The van der Waals surface area contributed by atoms with E-state index in [1.165, 1.54) is 0 Å². The van der Waals surface area contributed by atoms with Gasteiger partial charge in [-0.3, -0.25) is 0 Å². The van der Waals surface area contributed by atoms with Crippen LogP contribution >= 0.6 is 7.60 Å². The van der Waals surface area contributed by atoms with Gasteiger partial charge in [-0.25, -0.2) is 9.36 Å². The van der Waals surface area contributed by atoms with Crippen LogP contribution in [0.3, 0.4) is 0 Å². The van der Waals surface area contributed by atoms with Crippen molar-refractivity contribution in [1.29, 1.82) is 0 Å². The molecule has 0 fully saturated rings. The maximum Gasteiger partial charge on any atom is 0.491 e. The Hall–Kier alpha value is -0.590. The van der Waals surface area contributed by atoms with E-state index in [1.807, 2.05) is 0 Å². The molecule has 72 valence electrons. The number of carbonyl (C=O) groups is 1. The lowest BCUT2D eigenvalue weighted by Crippen LogP contribution is -2.25. The third-order valence-corrected chi connectivity index (χ3v) is 1.60. The van der Waals surface area contributed by atoms with Crippen molar-refractivity contribution in [1.82, 2.24) is 0 Å². The highest BCUT2D eigenvalue weighted by atomic mass is 31.2. The Labute approximate surface area is 64.8 Å². The Morgan fingerprint density at radius 1 is 1.58 bits per heavy atom. The molecule has 0 aromatic heterocycles. The molecule has 0 radical (unpaired) electrons. The molecule has 0 aliphatic rings. The predicted molar refractivity (Wildman–Crippen MR) is 31.0 cm³/mol. The summed E-state index contributed by atoms with van der Waals surface area (Å²) in [5.74, 6) is -2.72. The summed E-state index contributed by atoms with van der Waals surface area (Å²) in [5.41, 5.74) is 4.54. The Balaban J connectivity index is 4.30. The fourth-order valence-corrected chi connectivity index (χ4v) is 0.656. The van der Waals surface area contributed by atoms with E-state index < -0.39 is 26.0 Å². The Morgan fingerprint density at radius 2 is 2.00 bits per heavy atom. The van der Waals surface area contributed by atoms with Crippen molar-refractivity contribution in [3.63, 3.8) is 0 Å². The number of nitrogens with two attached hydrogens (primary N) is 1. The van der Waals surface area contributed by atoms with Crippen LogP contribution in [0, 0.1) is 0 Å². The molecule has 0 aromatic carbocycles. The fourth-order valence-electron chi connectivity index (χ4n) is 0.219. The molecule has 3 N–H and O–H groups in total. The minimum Gasteiger partial charge on any atom is -0.384 e. The van der Waals surface area contributed by atoms with Gasteiger partial charge < -0.3 is 15.2 Å². The van der Waals surface area contributed by atoms with Crippen LogP contribution in [0.4, 0.5) is 13.2 Å². The molecule has 9 heteroatoms. The van der Waals surface area contributed by atoms with Gasteiger partial charge in [-0.1, -0.05) is 0 Å². The molecular formula is C3H5F3NO4P. The molecule has 0 aliphatic heterocycles. The monoisotopic (exact) mass is 207 g/mol. The van der Waals surface area contributed by atoms with Gasteiger partial charge in [-0.2, -0.15) is 13.2 Å². The van der Waals surface area contributed by atoms with Crippen LogP contribution in [0.1, 0.15) is 0 Å². The molecule has 1 unspecified atom stereocenters. The summed E-state index contributed by atoms with van der Waals surface area (Å²) in [6.07, 6.45) is -6.33. The number of rotatable bonds is 2. The first-order valence-corrected chi connectivity index (χ1v) is 4.28. The molecule has 0 heterocycles. The van der Waals surface area contributed by atoms with E-state index in [1.54, 1.807) is 0 Å². The molecule has 0 rings (SSSR count). The Kier molecular flexibility index (Phi) is 3.25. The largest absolute Gasteiger partial charge is 0.491 e. The quantitative estimate of drug-likeness (QED) is 0.631. The normalized spacial score (nSPS) is 16.8. The van der Waals surface area contributed by atoms with Gasteiger partial charge in [0.15, 0.2) is 0 Å². The van der Waals surface area contributed by atoms with Gasteiger partial charge in [0.05, 0.1) is 0 Å².